The van der Waals surface area contributed by atoms with E-state index in [2.05, 4.69) is 0 Å². The van der Waals surface area contributed by atoms with Gasteiger partial charge in [-0.15, -0.1) is 11.3 Å². The van der Waals surface area contributed by atoms with Crippen LogP contribution in [0.25, 0.3) is 74.7 Å². The van der Waals surface area contributed by atoms with Gasteiger partial charge in [-0.05, 0) is 96.9 Å². The van der Waals surface area contributed by atoms with E-state index in [0.717, 1.165) is 33.2 Å². The predicted molar refractivity (Wildman–Crippen MR) is 217 cm³/mol. The van der Waals surface area contributed by atoms with Crippen molar-refractivity contribution >= 4 is 80.9 Å². The number of anilines is 3. The molecule has 0 amide bonds. The first kappa shape index (κ1) is 15.6. The molecule has 0 N–H and O–H groups in total. The molecule has 0 saturated heterocycles. The average Bonchev–Trinajstić information content (AvgIpc) is 3.76. The molecule has 0 unspecified atom stereocenters. The van der Waals surface area contributed by atoms with Crippen LogP contribution in [0.4, 0.5) is 17.1 Å². The molecule has 9 aromatic carbocycles. The molecule has 10 rings (SSSR count). The molecular weight excluding hydrogens is 623 g/mol. The van der Waals surface area contributed by atoms with Gasteiger partial charge in [-0.3, -0.25) is 0 Å². The van der Waals surface area contributed by atoms with E-state index in [1.54, 1.807) is 24.3 Å². The van der Waals surface area contributed by atoms with Crippen LogP contribution in [0, 0.1) is 0 Å². The molecule has 1 heterocycles. The number of fused-ring (bicyclic) bond motifs is 7. The minimum atomic E-state index is -0.804. The maximum absolute atomic E-state index is 9.75. The number of hydrogen-bond donors (Lipinski definition) is 0. The van der Waals surface area contributed by atoms with Crippen LogP contribution in [0.5, 0.6) is 0 Å². The van der Waals surface area contributed by atoms with E-state index in [1.165, 1.54) is 11.0 Å². The van der Waals surface area contributed by atoms with Crippen molar-refractivity contribution < 1.29 is 26.0 Å². The van der Waals surface area contributed by atoms with Crippen molar-refractivity contribution in [3.8, 4) is 22.3 Å². The highest BCUT2D eigenvalue weighted by molar-refractivity contribution is 7.26. The van der Waals surface area contributed by atoms with Gasteiger partial charge in [-0.25, -0.2) is 0 Å². The number of thiophene rings is 1. The molecule has 0 spiro atoms. The van der Waals surface area contributed by atoms with Gasteiger partial charge >= 0.3 is 0 Å². The van der Waals surface area contributed by atoms with E-state index >= 15 is 0 Å². The number of nitrogens with zero attached hydrogens (tertiary/aromatic N) is 1. The van der Waals surface area contributed by atoms with Crippen LogP contribution in [-0.4, -0.2) is 0 Å². The zero-order valence-electron chi connectivity index (χ0n) is 44.8. The van der Waals surface area contributed by atoms with Gasteiger partial charge < -0.3 is 4.90 Å². The standard InChI is InChI=1S/C48H31NS/c1-3-14-38-32(11-1)13-9-19-39(38)33-23-27-36(28-24-33)49(46-21-10-20-44-43-18-7-8-22-47(43)50-48(44)46)37-29-25-34(26-30-37)45-31-35-12-2-4-15-40(35)41-16-5-6-17-42(41)45/h1-31H/i2D,4D,5D,6D,7D,8D,10D,12D,15D,16D,17D,18D,20D,22D,25D,26D,29D,30D,31D. The maximum Gasteiger partial charge on any atom is 0.0645 e. The lowest BCUT2D eigenvalue weighted by Gasteiger charge is -2.26. The van der Waals surface area contributed by atoms with Crippen LogP contribution in [-0.2, 0) is 0 Å². The molecule has 0 bridgehead atoms. The third-order valence-corrected chi connectivity index (χ3v) is 9.78. The molecule has 0 radical (unpaired) electrons. The first-order valence-corrected chi connectivity index (χ1v) is 16.4. The van der Waals surface area contributed by atoms with E-state index in [0.29, 0.717) is 0 Å². The summed E-state index contributed by atoms with van der Waals surface area (Å²) in [6.07, 6.45) is 0. The van der Waals surface area contributed by atoms with E-state index in [1.807, 2.05) is 42.5 Å². The van der Waals surface area contributed by atoms with Crippen molar-refractivity contribution in [2.45, 2.75) is 0 Å². The summed E-state index contributed by atoms with van der Waals surface area (Å²) in [4.78, 5) is 1.34. The van der Waals surface area contributed by atoms with Gasteiger partial charge in [0.2, 0.25) is 0 Å². The topological polar surface area (TPSA) is 3.24 Å². The highest BCUT2D eigenvalue weighted by atomic mass is 32.1. The van der Waals surface area contributed by atoms with E-state index in [-0.39, 0.29) is 49.0 Å². The highest BCUT2D eigenvalue weighted by Gasteiger charge is 2.19. The summed E-state index contributed by atoms with van der Waals surface area (Å²) < 4.78 is 171. The molecule has 0 aliphatic carbocycles. The van der Waals surface area contributed by atoms with Crippen LogP contribution in [0.1, 0.15) is 26.0 Å². The van der Waals surface area contributed by atoms with Crippen molar-refractivity contribution in [1.29, 1.82) is 0 Å². The van der Waals surface area contributed by atoms with Crippen LogP contribution in [0.3, 0.4) is 0 Å². The summed E-state index contributed by atoms with van der Waals surface area (Å²) in [7, 11) is 0. The second-order valence-corrected chi connectivity index (χ2v) is 12.5. The van der Waals surface area contributed by atoms with Crippen LogP contribution >= 0.6 is 11.3 Å². The van der Waals surface area contributed by atoms with Gasteiger partial charge in [0.1, 0.15) is 0 Å². The van der Waals surface area contributed by atoms with Gasteiger partial charge in [-0.1, -0.05) is 145 Å². The van der Waals surface area contributed by atoms with E-state index in [4.69, 9.17) is 19.2 Å². The Morgan fingerprint density at radius 2 is 1.12 bits per heavy atom. The Hall–Kier alpha value is -6.22. The fraction of sp³-hybridized carbons (Fsp3) is 0. The lowest BCUT2D eigenvalue weighted by atomic mass is 9.93. The summed E-state index contributed by atoms with van der Waals surface area (Å²) in [6, 6.07) is 9.35. The molecular formula is C48H31NS. The molecule has 1 aromatic heterocycles. The molecule has 1 nitrogen and oxygen atoms in total. The fourth-order valence-corrected chi connectivity index (χ4v) is 7.45. The van der Waals surface area contributed by atoms with Gasteiger partial charge in [0.15, 0.2) is 0 Å². The molecule has 2 heteroatoms. The Morgan fingerprint density at radius 1 is 0.420 bits per heavy atom. The SMILES string of the molecule is [2H]c1cc(N(c2ccc(-c3cccc4ccccc34)cc2)c2c([2H])c([2H])c(-c3c([2H])c4c([2H])c([2H])c([2H])c([2H])c4c4c([2H])c([2H])c([2H])c([2H])c34)c([2H])c2[2H])c2sc3c([2H])c([2H])c([2H])c([2H])c3c2c1[2H]. The van der Waals surface area contributed by atoms with Crippen LogP contribution in [0.2, 0.25) is 0 Å². The smallest absolute Gasteiger partial charge is 0.0645 e. The second kappa shape index (κ2) is 11.7. The quantitative estimate of drug-likeness (QED) is 0.165. The summed E-state index contributed by atoms with van der Waals surface area (Å²) in [5.41, 5.74) is 0.334. The third kappa shape index (κ3) is 4.69. The molecule has 0 aliphatic heterocycles. The Kier molecular flexibility index (Phi) is 3.65. The van der Waals surface area contributed by atoms with Crippen molar-refractivity contribution in [2.24, 2.45) is 0 Å². The Morgan fingerprint density at radius 3 is 1.98 bits per heavy atom. The van der Waals surface area contributed by atoms with E-state index < -0.39 is 136 Å². The number of benzene rings is 9. The first-order chi connectivity index (χ1) is 32.7. The largest absolute Gasteiger partial charge is 0.309 e. The van der Waals surface area contributed by atoms with Crippen molar-refractivity contribution in [1.82, 2.24) is 0 Å². The van der Waals surface area contributed by atoms with E-state index in [9.17, 15) is 6.85 Å². The zero-order valence-corrected chi connectivity index (χ0v) is 26.6. The minimum absolute atomic E-state index is 0.00562. The second-order valence-electron chi connectivity index (χ2n) is 11.4. The molecule has 0 atom stereocenters. The molecule has 234 valence electrons. The van der Waals surface area contributed by atoms with Crippen molar-refractivity contribution in [2.75, 3.05) is 4.90 Å². The normalized spacial score (nSPS) is 16.9. The summed E-state index contributed by atoms with van der Waals surface area (Å²) in [5, 5.41) is 0.173. The average molecular weight is 673 g/mol. The summed E-state index contributed by atoms with van der Waals surface area (Å²) in [5.74, 6) is 0. The molecule has 50 heavy (non-hydrogen) atoms. The Balaban J connectivity index is 1.33. The van der Waals surface area contributed by atoms with Gasteiger partial charge in [0.05, 0.1) is 36.4 Å². The molecule has 0 aliphatic rings. The minimum Gasteiger partial charge on any atom is -0.309 e. The highest BCUT2D eigenvalue weighted by Crippen LogP contribution is 2.45. The van der Waals surface area contributed by atoms with Crippen LogP contribution < -0.4 is 4.90 Å². The summed E-state index contributed by atoms with van der Waals surface area (Å²) >= 11 is 0.898. The maximum atomic E-state index is 9.75. The van der Waals surface area contributed by atoms with Gasteiger partial charge in [0, 0.05) is 26.8 Å². The first-order valence-electron chi connectivity index (χ1n) is 25.0. The Labute approximate surface area is 321 Å². The molecule has 0 fully saturated rings. The Bertz CT molecular complexity index is 3930. The van der Waals surface area contributed by atoms with Crippen molar-refractivity contribution in [3.05, 3.63) is 188 Å². The summed E-state index contributed by atoms with van der Waals surface area (Å²) in [6.45, 7) is 0. The monoisotopic (exact) mass is 672 g/mol. The number of rotatable bonds is 5. The third-order valence-electron chi connectivity index (χ3n) is 8.65. The van der Waals surface area contributed by atoms with Gasteiger partial charge in [0.25, 0.3) is 0 Å². The lowest BCUT2D eigenvalue weighted by Crippen LogP contribution is -2.10. The lowest BCUT2D eigenvalue weighted by molar-refractivity contribution is 1.30. The predicted octanol–water partition coefficient (Wildman–Crippen LogP) is 14.3. The van der Waals surface area contributed by atoms with Crippen molar-refractivity contribution in [3.63, 3.8) is 0 Å². The zero-order chi connectivity index (χ0) is 49.6. The number of hydrogen-bond acceptors (Lipinski definition) is 2. The fourth-order valence-electron chi connectivity index (χ4n) is 6.38. The molecule has 0 saturated carbocycles. The van der Waals surface area contributed by atoms with Gasteiger partial charge in [-0.2, -0.15) is 0 Å². The molecule has 10 aromatic rings. The van der Waals surface area contributed by atoms with Crippen LogP contribution in [0.15, 0.2) is 188 Å².